The van der Waals surface area contributed by atoms with Gasteiger partial charge in [-0.15, -0.1) is 0 Å². The topological polar surface area (TPSA) is 61.0 Å². The van der Waals surface area contributed by atoms with Gasteiger partial charge in [-0.05, 0) is 31.1 Å². The van der Waals surface area contributed by atoms with Crippen LogP contribution in [0.5, 0.6) is 0 Å². The van der Waals surface area contributed by atoms with Crippen LogP contribution in [-0.2, 0) is 4.74 Å². The summed E-state index contributed by atoms with van der Waals surface area (Å²) in [4.78, 5) is 8.10. The van der Waals surface area contributed by atoms with E-state index in [-0.39, 0.29) is 11.6 Å². The molecule has 18 heavy (non-hydrogen) atoms. The number of methoxy groups -OCH3 is 1. The molecule has 0 aliphatic heterocycles. The first-order valence-corrected chi connectivity index (χ1v) is 6.55. The van der Waals surface area contributed by atoms with Crippen LogP contribution in [0.3, 0.4) is 0 Å². The molecular formula is C14H23N3O. The SMILES string of the molecule is COC1(C(N)c2cncnc2)CCC(C)(C)CC1. The first-order chi connectivity index (χ1) is 8.49. The molecule has 1 saturated carbocycles. The van der Waals surface area contributed by atoms with Crippen molar-refractivity contribution >= 4 is 0 Å². The van der Waals surface area contributed by atoms with Gasteiger partial charge in [-0.2, -0.15) is 0 Å². The van der Waals surface area contributed by atoms with E-state index in [1.807, 2.05) is 0 Å². The normalized spacial score (nSPS) is 23.6. The minimum atomic E-state index is -0.264. The van der Waals surface area contributed by atoms with Gasteiger partial charge in [-0.1, -0.05) is 13.8 Å². The molecule has 2 rings (SSSR count). The quantitative estimate of drug-likeness (QED) is 0.894. The summed E-state index contributed by atoms with van der Waals surface area (Å²) < 4.78 is 5.81. The molecule has 1 aliphatic carbocycles. The number of rotatable bonds is 3. The largest absolute Gasteiger partial charge is 0.376 e. The van der Waals surface area contributed by atoms with Crippen LogP contribution >= 0.6 is 0 Å². The van der Waals surface area contributed by atoms with Gasteiger partial charge in [0.25, 0.3) is 0 Å². The number of nitrogens with two attached hydrogens (primary N) is 1. The molecule has 4 nitrogen and oxygen atoms in total. The Morgan fingerprint density at radius 3 is 2.22 bits per heavy atom. The van der Waals surface area contributed by atoms with Gasteiger partial charge in [0.05, 0.1) is 11.6 Å². The highest BCUT2D eigenvalue weighted by Crippen LogP contribution is 2.46. The molecule has 1 aromatic heterocycles. The van der Waals surface area contributed by atoms with Gasteiger partial charge in [-0.3, -0.25) is 0 Å². The van der Waals surface area contributed by atoms with Crippen molar-refractivity contribution in [2.24, 2.45) is 11.1 Å². The highest BCUT2D eigenvalue weighted by molar-refractivity contribution is 5.15. The lowest BCUT2D eigenvalue weighted by atomic mass is 9.68. The summed E-state index contributed by atoms with van der Waals surface area (Å²) >= 11 is 0. The minimum Gasteiger partial charge on any atom is -0.376 e. The van der Waals surface area contributed by atoms with E-state index in [0.717, 1.165) is 31.2 Å². The zero-order valence-electron chi connectivity index (χ0n) is 11.5. The molecule has 2 N–H and O–H groups in total. The van der Waals surface area contributed by atoms with E-state index in [2.05, 4.69) is 23.8 Å². The predicted molar refractivity (Wildman–Crippen MR) is 70.9 cm³/mol. The maximum absolute atomic E-state index is 6.40. The number of nitrogens with zero attached hydrogens (tertiary/aromatic N) is 2. The summed E-state index contributed by atoms with van der Waals surface area (Å²) in [6.45, 7) is 4.62. The highest BCUT2D eigenvalue weighted by Gasteiger charge is 2.43. The van der Waals surface area contributed by atoms with Crippen molar-refractivity contribution < 1.29 is 4.74 Å². The molecule has 0 amide bonds. The summed E-state index contributed by atoms with van der Waals surface area (Å²) in [5, 5.41) is 0. The first-order valence-electron chi connectivity index (χ1n) is 6.55. The van der Waals surface area contributed by atoms with Gasteiger partial charge in [0.15, 0.2) is 0 Å². The molecule has 0 saturated heterocycles. The Hall–Kier alpha value is -1.00. The van der Waals surface area contributed by atoms with Crippen LogP contribution in [0.15, 0.2) is 18.7 Å². The molecule has 1 aromatic rings. The Balaban J connectivity index is 2.19. The van der Waals surface area contributed by atoms with E-state index in [4.69, 9.17) is 10.5 Å². The fourth-order valence-corrected chi connectivity index (χ4v) is 2.77. The lowest BCUT2D eigenvalue weighted by Gasteiger charge is -2.45. The highest BCUT2D eigenvalue weighted by atomic mass is 16.5. The molecule has 1 unspecified atom stereocenters. The van der Waals surface area contributed by atoms with Gasteiger partial charge in [0, 0.05) is 25.1 Å². The van der Waals surface area contributed by atoms with Gasteiger partial charge in [0.1, 0.15) is 6.33 Å². The third kappa shape index (κ3) is 2.54. The molecule has 0 bridgehead atoms. The maximum Gasteiger partial charge on any atom is 0.115 e. The van der Waals surface area contributed by atoms with Crippen molar-refractivity contribution in [1.82, 2.24) is 9.97 Å². The second-order valence-electron chi connectivity index (χ2n) is 6.08. The molecule has 0 spiro atoms. The second kappa shape index (κ2) is 4.94. The van der Waals surface area contributed by atoms with Gasteiger partial charge in [0.2, 0.25) is 0 Å². The minimum absolute atomic E-state index is 0.153. The summed E-state index contributed by atoms with van der Waals surface area (Å²) in [7, 11) is 1.77. The molecule has 0 radical (unpaired) electrons. The van der Waals surface area contributed by atoms with Crippen molar-refractivity contribution in [2.75, 3.05) is 7.11 Å². The van der Waals surface area contributed by atoms with E-state index in [1.165, 1.54) is 6.33 Å². The van der Waals surface area contributed by atoms with Crippen LogP contribution in [0.2, 0.25) is 0 Å². The molecule has 1 heterocycles. The Kier molecular flexibility index (Phi) is 3.69. The van der Waals surface area contributed by atoms with E-state index < -0.39 is 0 Å². The van der Waals surface area contributed by atoms with Gasteiger partial charge >= 0.3 is 0 Å². The molecule has 1 atom stereocenters. The van der Waals surface area contributed by atoms with Crippen molar-refractivity contribution in [3.05, 3.63) is 24.3 Å². The molecule has 4 heteroatoms. The number of aromatic nitrogens is 2. The average molecular weight is 249 g/mol. The zero-order chi connectivity index (χ0) is 13.2. The van der Waals surface area contributed by atoms with Crippen LogP contribution in [0.1, 0.15) is 51.1 Å². The van der Waals surface area contributed by atoms with Crippen molar-refractivity contribution in [3.8, 4) is 0 Å². The molecule has 1 fully saturated rings. The lowest BCUT2D eigenvalue weighted by molar-refractivity contribution is -0.0795. The summed E-state index contributed by atoms with van der Waals surface area (Å²) in [6.07, 6.45) is 9.37. The van der Waals surface area contributed by atoms with Crippen LogP contribution in [0.25, 0.3) is 0 Å². The van der Waals surface area contributed by atoms with Crippen LogP contribution in [0, 0.1) is 5.41 Å². The Labute approximate surface area is 109 Å². The Morgan fingerprint density at radius 2 is 1.72 bits per heavy atom. The van der Waals surface area contributed by atoms with E-state index in [9.17, 15) is 0 Å². The zero-order valence-corrected chi connectivity index (χ0v) is 11.5. The monoisotopic (exact) mass is 249 g/mol. The Morgan fingerprint density at radius 1 is 1.17 bits per heavy atom. The predicted octanol–water partition coefficient (Wildman–Crippen LogP) is 2.46. The number of hydrogen-bond donors (Lipinski definition) is 1. The molecule has 0 aromatic carbocycles. The third-order valence-corrected chi connectivity index (χ3v) is 4.36. The number of hydrogen-bond acceptors (Lipinski definition) is 4. The molecular weight excluding hydrogens is 226 g/mol. The van der Waals surface area contributed by atoms with E-state index >= 15 is 0 Å². The van der Waals surface area contributed by atoms with Crippen LogP contribution in [-0.4, -0.2) is 22.7 Å². The van der Waals surface area contributed by atoms with Crippen LogP contribution < -0.4 is 5.73 Å². The second-order valence-corrected chi connectivity index (χ2v) is 6.08. The van der Waals surface area contributed by atoms with Gasteiger partial charge in [-0.25, -0.2) is 9.97 Å². The first kappa shape index (κ1) is 13.4. The Bertz CT molecular complexity index is 381. The van der Waals surface area contributed by atoms with E-state index in [0.29, 0.717) is 5.41 Å². The molecule has 1 aliphatic rings. The smallest absolute Gasteiger partial charge is 0.115 e. The summed E-state index contributed by atoms with van der Waals surface area (Å²) in [5.41, 5.74) is 7.49. The average Bonchev–Trinajstić information content (AvgIpc) is 2.40. The third-order valence-electron chi connectivity index (χ3n) is 4.36. The fourth-order valence-electron chi connectivity index (χ4n) is 2.77. The van der Waals surface area contributed by atoms with Gasteiger partial charge < -0.3 is 10.5 Å². The van der Waals surface area contributed by atoms with E-state index in [1.54, 1.807) is 19.5 Å². The van der Waals surface area contributed by atoms with Crippen molar-refractivity contribution in [1.29, 1.82) is 0 Å². The molecule has 100 valence electrons. The fraction of sp³-hybridized carbons (Fsp3) is 0.714. The van der Waals surface area contributed by atoms with Crippen molar-refractivity contribution in [2.45, 2.75) is 51.2 Å². The summed E-state index contributed by atoms with van der Waals surface area (Å²) in [5.74, 6) is 0. The maximum atomic E-state index is 6.40. The van der Waals surface area contributed by atoms with Crippen LogP contribution in [0.4, 0.5) is 0 Å². The standard InChI is InChI=1S/C14H23N3O/c1-13(2)4-6-14(18-3,7-5-13)12(15)11-8-16-10-17-9-11/h8-10,12H,4-7,15H2,1-3H3. The lowest BCUT2D eigenvalue weighted by Crippen LogP contribution is -2.47. The number of ether oxygens (including phenoxy) is 1. The van der Waals surface area contributed by atoms with Crippen molar-refractivity contribution in [3.63, 3.8) is 0 Å². The summed E-state index contributed by atoms with van der Waals surface area (Å²) in [6, 6.07) is -0.153.